The molecule has 0 saturated heterocycles. The molecule has 0 saturated carbocycles. The van der Waals surface area contributed by atoms with Crippen LogP contribution in [0.5, 0.6) is 0 Å². The number of rotatable bonds is 7. The third-order valence-corrected chi connectivity index (χ3v) is 4.68. The van der Waals surface area contributed by atoms with Crippen molar-refractivity contribution >= 4 is 34.6 Å². The van der Waals surface area contributed by atoms with E-state index in [2.05, 4.69) is 19.9 Å². The van der Waals surface area contributed by atoms with Crippen molar-refractivity contribution in [3.63, 3.8) is 0 Å². The van der Waals surface area contributed by atoms with Crippen LogP contribution in [-0.2, 0) is 12.4 Å². The lowest BCUT2D eigenvalue weighted by Crippen LogP contribution is -2.26. The van der Waals surface area contributed by atoms with Crippen LogP contribution in [0, 0.1) is 6.92 Å². The van der Waals surface area contributed by atoms with E-state index >= 15 is 0 Å². The fourth-order valence-electron chi connectivity index (χ4n) is 2.54. The van der Waals surface area contributed by atoms with Gasteiger partial charge < -0.3 is 15.3 Å². The number of aromatic nitrogens is 4. The summed E-state index contributed by atoms with van der Waals surface area (Å²) in [4.78, 5) is 28.5. The summed E-state index contributed by atoms with van der Waals surface area (Å²) in [5.74, 6) is -4.22. The first kappa shape index (κ1) is 24.8. The second kappa shape index (κ2) is 10.2. The Labute approximate surface area is 186 Å². The fraction of sp³-hybridized carbons (Fsp3) is 0.316. The number of allylic oxidation sites excluding steroid dienone is 2. The number of hydrogen-bond acceptors (Lipinski definition) is 8. The Morgan fingerprint density at radius 3 is 2.68 bits per heavy atom. The van der Waals surface area contributed by atoms with E-state index in [1.807, 2.05) is 0 Å². The minimum absolute atomic E-state index is 0.117. The normalized spacial score (nSPS) is 14.4. The minimum Gasteiger partial charge on any atom is -0.338 e. The van der Waals surface area contributed by atoms with Gasteiger partial charge in [-0.15, -0.1) is 0 Å². The highest BCUT2D eigenvalue weighted by molar-refractivity contribution is 6.69. The van der Waals surface area contributed by atoms with E-state index < -0.39 is 34.1 Å². The second-order valence-electron chi connectivity index (χ2n) is 6.51. The van der Waals surface area contributed by atoms with Gasteiger partial charge in [0.15, 0.2) is 11.0 Å². The van der Waals surface area contributed by atoms with Crippen molar-refractivity contribution in [1.29, 1.82) is 0 Å². The molecule has 0 bridgehead atoms. The Morgan fingerprint density at radius 1 is 1.39 bits per heavy atom. The Balaban J connectivity index is 2.39. The van der Waals surface area contributed by atoms with Gasteiger partial charge in [0, 0.05) is 24.7 Å². The minimum atomic E-state index is -3.11. The number of aliphatic imine (C=N–C) groups is 1. The van der Waals surface area contributed by atoms with Crippen molar-refractivity contribution < 1.29 is 19.7 Å². The van der Waals surface area contributed by atoms with Gasteiger partial charge in [0.1, 0.15) is 22.4 Å². The summed E-state index contributed by atoms with van der Waals surface area (Å²) in [5, 5.41) is 27.1. The molecule has 0 spiro atoms. The van der Waals surface area contributed by atoms with Crippen LogP contribution in [0.3, 0.4) is 0 Å². The van der Waals surface area contributed by atoms with Gasteiger partial charge >= 0.3 is 5.97 Å². The van der Waals surface area contributed by atoms with Crippen molar-refractivity contribution in [1.82, 2.24) is 19.5 Å². The first-order chi connectivity index (χ1) is 14.5. The molecule has 2 aromatic rings. The molecule has 12 heteroatoms. The SMILES string of the molecule is C/C=C/N=C(Cl)/C(F)=C/n1c(C)nc(C(C)Cc2nccc(C(O)(O)O)n2)c(Cl)c1=O. The quantitative estimate of drug-likeness (QED) is 0.416. The molecular formula is C19H20Cl2FN5O4. The molecule has 166 valence electrons. The standard InChI is InChI=1S/C19H20Cl2FN5O4/c1-4-6-24-17(21)12(22)9-27-11(3)25-16(15(20)18(27)28)10(2)8-14-23-7-5-13(26-14)19(29,30)31/h4-7,9-10,29-31H,8H2,1-3H3/b6-4+,12-9-,24-17-. The van der Waals surface area contributed by atoms with E-state index in [4.69, 9.17) is 23.2 Å². The van der Waals surface area contributed by atoms with Crippen molar-refractivity contribution in [3.8, 4) is 0 Å². The molecule has 2 rings (SSSR count). The zero-order valence-electron chi connectivity index (χ0n) is 16.8. The van der Waals surface area contributed by atoms with Crippen molar-refractivity contribution in [3.05, 3.63) is 68.8 Å². The van der Waals surface area contributed by atoms with Crippen molar-refractivity contribution in [2.24, 2.45) is 4.99 Å². The molecule has 0 aliphatic carbocycles. The molecule has 0 aliphatic rings. The monoisotopic (exact) mass is 471 g/mol. The van der Waals surface area contributed by atoms with E-state index in [1.54, 1.807) is 19.9 Å². The van der Waals surface area contributed by atoms with Gasteiger partial charge in [0.2, 0.25) is 0 Å². The molecule has 0 amide bonds. The van der Waals surface area contributed by atoms with Crippen LogP contribution in [0.1, 0.15) is 42.8 Å². The maximum absolute atomic E-state index is 14.2. The highest BCUT2D eigenvalue weighted by Crippen LogP contribution is 2.23. The molecule has 1 unspecified atom stereocenters. The lowest BCUT2D eigenvalue weighted by molar-refractivity contribution is -0.326. The molecule has 0 aliphatic heterocycles. The van der Waals surface area contributed by atoms with Gasteiger partial charge in [-0.25, -0.2) is 24.3 Å². The average molecular weight is 472 g/mol. The lowest BCUT2D eigenvalue weighted by atomic mass is 10.0. The second-order valence-corrected chi connectivity index (χ2v) is 7.25. The van der Waals surface area contributed by atoms with E-state index in [0.717, 1.165) is 16.8 Å². The summed E-state index contributed by atoms with van der Waals surface area (Å²) >= 11 is 11.9. The van der Waals surface area contributed by atoms with E-state index in [0.29, 0.717) is 0 Å². The van der Waals surface area contributed by atoms with Crippen LogP contribution in [0.15, 0.2) is 40.2 Å². The number of nitrogens with zero attached hydrogens (tertiary/aromatic N) is 5. The predicted octanol–water partition coefficient (Wildman–Crippen LogP) is 2.37. The van der Waals surface area contributed by atoms with Gasteiger partial charge in [-0.05, 0) is 19.9 Å². The Hall–Kier alpha value is -2.50. The molecule has 9 nitrogen and oxygen atoms in total. The van der Waals surface area contributed by atoms with Gasteiger partial charge in [-0.2, -0.15) is 0 Å². The lowest BCUT2D eigenvalue weighted by Gasteiger charge is -2.16. The maximum atomic E-state index is 14.2. The summed E-state index contributed by atoms with van der Waals surface area (Å²) in [5.41, 5.74) is -0.899. The van der Waals surface area contributed by atoms with E-state index in [9.17, 15) is 24.5 Å². The summed E-state index contributed by atoms with van der Waals surface area (Å²) in [6.07, 6.45) is 5.06. The highest BCUT2D eigenvalue weighted by Gasteiger charge is 2.25. The molecule has 0 aromatic carbocycles. The Bertz CT molecular complexity index is 1110. The summed E-state index contributed by atoms with van der Waals surface area (Å²) < 4.78 is 15.1. The summed E-state index contributed by atoms with van der Waals surface area (Å²) in [7, 11) is 0. The van der Waals surface area contributed by atoms with Crippen LogP contribution < -0.4 is 5.56 Å². The molecule has 3 N–H and O–H groups in total. The van der Waals surface area contributed by atoms with E-state index in [1.165, 1.54) is 19.3 Å². The predicted molar refractivity (Wildman–Crippen MR) is 114 cm³/mol. The topological polar surface area (TPSA) is 134 Å². The number of halogens is 3. The molecule has 0 radical (unpaired) electrons. The number of hydrogen-bond donors (Lipinski definition) is 3. The van der Waals surface area contributed by atoms with Crippen molar-refractivity contribution in [2.45, 2.75) is 39.1 Å². The molecule has 1 atom stereocenters. The van der Waals surface area contributed by atoms with Crippen LogP contribution >= 0.6 is 23.2 Å². The summed E-state index contributed by atoms with van der Waals surface area (Å²) in [6.45, 7) is 4.88. The molecule has 2 aromatic heterocycles. The van der Waals surface area contributed by atoms with Gasteiger partial charge in [-0.1, -0.05) is 36.2 Å². The smallest absolute Gasteiger partial charge is 0.322 e. The molecule has 2 heterocycles. The largest absolute Gasteiger partial charge is 0.338 e. The number of aryl methyl sites for hydroxylation is 1. The first-order valence-corrected chi connectivity index (χ1v) is 9.71. The zero-order chi connectivity index (χ0) is 23.3. The van der Waals surface area contributed by atoms with Gasteiger partial charge in [-0.3, -0.25) is 9.36 Å². The third-order valence-electron chi connectivity index (χ3n) is 4.04. The highest BCUT2D eigenvalue weighted by atomic mass is 35.5. The van der Waals surface area contributed by atoms with Gasteiger partial charge in [0.25, 0.3) is 5.56 Å². The fourth-order valence-corrected chi connectivity index (χ4v) is 2.97. The van der Waals surface area contributed by atoms with Gasteiger partial charge in [0.05, 0.1) is 11.9 Å². The average Bonchev–Trinajstić information content (AvgIpc) is 2.71. The van der Waals surface area contributed by atoms with Crippen LogP contribution in [0.4, 0.5) is 4.39 Å². The van der Waals surface area contributed by atoms with Crippen molar-refractivity contribution in [2.75, 3.05) is 0 Å². The number of aliphatic hydroxyl groups is 3. The third kappa shape index (κ3) is 6.25. The Morgan fingerprint density at radius 2 is 2.06 bits per heavy atom. The zero-order valence-corrected chi connectivity index (χ0v) is 18.3. The molecule has 0 fully saturated rings. The van der Waals surface area contributed by atoms with E-state index in [-0.39, 0.29) is 28.8 Å². The molecule has 31 heavy (non-hydrogen) atoms. The maximum Gasteiger partial charge on any atom is 0.322 e. The van der Waals surface area contributed by atoms with Crippen LogP contribution in [0.25, 0.3) is 6.20 Å². The summed E-state index contributed by atoms with van der Waals surface area (Å²) in [6, 6.07) is 1.14. The van der Waals surface area contributed by atoms with Crippen LogP contribution in [0.2, 0.25) is 5.02 Å². The Kier molecular flexibility index (Phi) is 8.15. The van der Waals surface area contributed by atoms with Crippen LogP contribution in [-0.4, -0.2) is 40.0 Å². The molecular weight excluding hydrogens is 452 g/mol. The first-order valence-electron chi connectivity index (χ1n) is 8.95.